The van der Waals surface area contributed by atoms with E-state index in [4.69, 9.17) is 9.47 Å². The molecule has 0 aliphatic carbocycles. The molecule has 2 aromatic carbocycles. The number of nitrogens with one attached hydrogen (secondary N) is 1. The van der Waals surface area contributed by atoms with Gasteiger partial charge in [0.05, 0.1) is 30.7 Å². The lowest BCUT2D eigenvalue weighted by Crippen LogP contribution is -2.25. The van der Waals surface area contributed by atoms with Crippen molar-refractivity contribution in [1.29, 1.82) is 0 Å². The fourth-order valence-electron chi connectivity index (χ4n) is 3.26. The topological polar surface area (TPSA) is 77.8 Å². The number of aromatic nitrogens is 3. The second-order valence-corrected chi connectivity index (χ2v) is 7.81. The molecule has 7 nitrogen and oxygen atoms in total. The summed E-state index contributed by atoms with van der Waals surface area (Å²) in [5, 5.41) is 13.0. The summed E-state index contributed by atoms with van der Waals surface area (Å²) in [6.45, 7) is 1.97. The average molecular weight is 423 g/mol. The zero-order valence-electron chi connectivity index (χ0n) is 17.0. The van der Waals surface area contributed by atoms with E-state index < -0.39 is 0 Å². The van der Waals surface area contributed by atoms with Crippen LogP contribution in [0.4, 0.5) is 5.69 Å². The molecule has 1 unspecified atom stereocenters. The molecule has 2 aromatic heterocycles. The minimum Gasteiger partial charge on any atom is -0.497 e. The van der Waals surface area contributed by atoms with Gasteiger partial charge in [0.25, 0.3) is 0 Å². The smallest absolute Gasteiger partial charge is 0.238 e. The van der Waals surface area contributed by atoms with Gasteiger partial charge >= 0.3 is 0 Å². The Bertz CT molecular complexity index is 1210. The van der Waals surface area contributed by atoms with Gasteiger partial charge in [-0.15, -0.1) is 10.2 Å². The van der Waals surface area contributed by atoms with E-state index in [0.29, 0.717) is 28.8 Å². The van der Waals surface area contributed by atoms with Crippen LogP contribution in [-0.2, 0) is 4.79 Å². The molecule has 1 atom stereocenters. The van der Waals surface area contributed by atoms with Gasteiger partial charge in [0.2, 0.25) is 5.91 Å². The largest absolute Gasteiger partial charge is 0.497 e. The predicted octanol–water partition coefficient (Wildman–Crippen LogP) is 4.41. The summed E-state index contributed by atoms with van der Waals surface area (Å²) in [6.07, 6.45) is 0.627. The van der Waals surface area contributed by atoms with Crippen LogP contribution in [0.25, 0.3) is 16.6 Å². The number of ether oxygens (including phenoxy) is 2. The van der Waals surface area contributed by atoms with Crippen molar-refractivity contribution in [3.63, 3.8) is 0 Å². The van der Waals surface area contributed by atoms with Crippen LogP contribution in [0.2, 0.25) is 0 Å². The third-order valence-electron chi connectivity index (χ3n) is 4.82. The molecule has 4 rings (SSSR count). The van der Waals surface area contributed by atoms with E-state index in [0.717, 1.165) is 16.6 Å². The molecule has 0 saturated heterocycles. The number of methoxy groups -OCH3 is 2. The van der Waals surface area contributed by atoms with Gasteiger partial charge in [0.1, 0.15) is 11.5 Å². The Labute approximate surface area is 178 Å². The first-order chi connectivity index (χ1) is 14.6. The summed E-state index contributed by atoms with van der Waals surface area (Å²) in [7, 11) is 3.15. The van der Waals surface area contributed by atoms with Gasteiger partial charge in [0, 0.05) is 6.07 Å². The Morgan fingerprint density at radius 1 is 1.10 bits per heavy atom. The van der Waals surface area contributed by atoms with Gasteiger partial charge < -0.3 is 14.8 Å². The minimum atomic E-state index is -0.354. The Balaban J connectivity index is 1.63. The Hall–Kier alpha value is -3.26. The lowest BCUT2D eigenvalue weighted by Gasteiger charge is -2.16. The quantitative estimate of drug-likeness (QED) is 0.445. The maximum atomic E-state index is 13.1. The van der Waals surface area contributed by atoms with E-state index in [-0.39, 0.29) is 11.2 Å². The molecule has 154 valence electrons. The number of rotatable bonds is 7. The highest BCUT2D eigenvalue weighted by Crippen LogP contribution is 2.32. The maximum Gasteiger partial charge on any atom is 0.238 e. The maximum absolute atomic E-state index is 13.1. The van der Waals surface area contributed by atoms with Gasteiger partial charge in [-0.25, -0.2) is 0 Å². The molecule has 8 heteroatoms. The summed E-state index contributed by atoms with van der Waals surface area (Å²) in [4.78, 5) is 13.1. The number of amides is 1. The van der Waals surface area contributed by atoms with E-state index >= 15 is 0 Å². The minimum absolute atomic E-state index is 0.133. The number of pyridine rings is 1. The molecule has 0 bridgehead atoms. The molecule has 0 aliphatic rings. The van der Waals surface area contributed by atoms with Crippen LogP contribution in [0.15, 0.2) is 59.8 Å². The predicted molar refractivity (Wildman–Crippen MR) is 119 cm³/mol. The molecule has 0 aliphatic heterocycles. The molecule has 4 aromatic rings. The molecule has 0 saturated carbocycles. The van der Waals surface area contributed by atoms with Crippen LogP contribution in [0.1, 0.15) is 13.3 Å². The van der Waals surface area contributed by atoms with Crippen molar-refractivity contribution >= 4 is 39.9 Å². The van der Waals surface area contributed by atoms with Gasteiger partial charge in [0.15, 0.2) is 10.8 Å². The zero-order valence-corrected chi connectivity index (χ0v) is 17.8. The molecule has 0 spiro atoms. The highest BCUT2D eigenvalue weighted by Gasteiger charge is 2.23. The normalized spacial score (nSPS) is 12.1. The summed E-state index contributed by atoms with van der Waals surface area (Å²) < 4.78 is 12.6. The first-order valence-corrected chi connectivity index (χ1v) is 10.4. The number of benzene rings is 2. The highest BCUT2D eigenvalue weighted by atomic mass is 32.2. The number of para-hydroxylation sites is 1. The van der Waals surface area contributed by atoms with Crippen molar-refractivity contribution in [2.75, 3.05) is 19.5 Å². The molecule has 1 amide bonds. The molecule has 30 heavy (non-hydrogen) atoms. The Morgan fingerprint density at radius 3 is 2.70 bits per heavy atom. The number of anilines is 1. The van der Waals surface area contributed by atoms with E-state index in [9.17, 15) is 4.79 Å². The summed E-state index contributed by atoms with van der Waals surface area (Å²) in [5.41, 5.74) is 2.32. The first-order valence-electron chi connectivity index (χ1n) is 9.57. The summed E-state index contributed by atoms with van der Waals surface area (Å²) in [5.74, 6) is 1.08. The Morgan fingerprint density at radius 2 is 1.93 bits per heavy atom. The lowest BCUT2D eigenvalue weighted by molar-refractivity contribution is -0.115. The number of hydrogen-bond donors (Lipinski definition) is 1. The number of carbonyl (C=O) groups excluding carboxylic acids is 1. The van der Waals surface area contributed by atoms with Crippen molar-refractivity contribution < 1.29 is 14.3 Å². The molecular formula is C22H22N4O3S. The number of hydrogen-bond acceptors (Lipinski definition) is 6. The number of nitrogens with zero attached hydrogens (tertiary/aromatic N) is 3. The van der Waals surface area contributed by atoms with Crippen molar-refractivity contribution in [1.82, 2.24) is 14.6 Å². The average Bonchev–Trinajstić information content (AvgIpc) is 3.20. The zero-order chi connectivity index (χ0) is 21.1. The van der Waals surface area contributed by atoms with Crippen molar-refractivity contribution in [3.8, 4) is 11.5 Å². The summed E-state index contributed by atoms with van der Waals surface area (Å²) >= 11 is 1.40. The van der Waals surface area contributed by atoms with Crippen LogP contribution >= 0.6 is 11.8 Å². The number of thioether (sulfide) groups is 1. The van der Waals surface area contributed by atoms with Gasteiger partial charge in [-0.3, -0.25) is 9.20 Å². The molecule has 0 radical (unpaired) electrons. The first kappa shape index (κ1) is 20.0. The van der Waals surface area contributed by atoms with Crippen molar-refractivity contribution in [3.05, 3.63) is 54.6 Å². The standard InChI is InChI=1S/C22H22N4O3S/c1-4-19(21(27)23-16-13-15(28-2)10-11-18(16)29-3)30-22-25-24-20-12-9-14-7-5-6-8-17(14)26(20)22/h5-13,19H,4H2,1-3H3,(H,23,27). The van der Waals surface area contributed by atoms with E-state index in [1.54, 1.807) is 32.4 Å². The second kappa shape index (κ2) is 8.62. The van der Waals surface area contributed by atoms with Gasteiger partial charge in [-0.05, 0) is 42.1 Å². The number of carbonyl (C=O) groups is 1. The van der Waals surface area contributed by atoms with Crippen LogP contribution in [0.5, 0.6) is 11.5 Å². The van der Waals surface area contributed by atoms with E-state index in [1.165, 1.54) is 11.8 Å². The SMILES string of the molecule is CCC(Sc1nnc2ccc3ccccc3n12)C(=O)Nc1cc(OC)ccc1OC. The van der Waals surface area contributed by atoms with Crippen LogP contribution < -0.4 is 14.8 Å². The molecular weight excluding hydrogens is 400 g/mol. The van der Waals surface area contributed by atoms with Crippen LogP contribution in [0, 0.1) is 0 Å². The molecule has 0 fully saturated rings. The van der Waals surface area contributed by atoms with Crippen LogP contribution in [-0.4, -0.2) is 40.0 Å². The second-order valence-electron chi connectivity index (χ2n) is 6.64. The molecule has 1 N–H and O–H groups in total. The van der Waals surface area contributed by atoms with Crippen molar-refractivity contribution in [2.24, 2.45) is 0 Å². The van der Waals surface area contributed by atoms with Gasteiger partial charge in [-0.1, -0.05) is 36.9 Å². The monoisotopic (exact) mass is 422 g/mol. The third kappa shape index (κ3) is 3.78. The van der Waals surface area contributed by atoms with Crippen LogP contribution in [0.3, 0.4) is 0 Å². The third-order valence-corrected chi connectivity index (χ3v) is 6.13. The highest BCUT2D eigenvalue weighted by molar-refractivity contribution is 8.00. The fourth-order valence-corrected chi connectivity index (χ4v) is 4.24. The molecule has 2 heterocycles. The van der Waals surface area contributed by atoms with Crippen molar-refractivity contribution in [2.45, 2.75) is 23.8 Å². The van der Waals surface area contributed by atoms with E-state index in [1.807, 2.05) is 47.7 Å². The Kier molecular flexibility index (Phi) is 5.76. The fraction of sp³-hybridized carbons (Fsp3) is 0.227. The lowest BCUT2D eigenvalue weighted by atomic mass is 10.2. The summed E-state index contributed by atoms with van der Waals surface area (Å²) in [6, 6.07) is 17.3. The van der Waals surface area contributed by atoms with E-state index in [2.05, 4.69) is 15.5 Å². The number of fused-ring (bicyclic) bond motifs is 3. The van der Waals surface area contributed by atoms with Gasteiger partial charge in [-0.2, -0.15) is 0 Å².